The van der Waals surface area contributed by atoms with Crippen molar-refractivity contribution >= 4 is 0 Å². The molecule has 0 heterocycles. The molecule has 0 aromatic heterocycles. The van der Waals surface area contributed by atoms with E-state index in [1.807, 2.05) is 0 Å². The summed E-state index contributed by atoms with van der Waals surface area (Å²) in [6, 6.07) is 0.367. The summed E-state index contributed by atoms with van der Waals surface area (Å²) in [5.74, 6) is 0. The highest BCUT2D eigenvalue weighted by molar-refractivity contribution is 4.84. The molecule has 0 spiro atoms. The minimum absolute atomic E-state index is 0.367. The molecule has 0 saturated heterocycles. The van der Waals surface area contributed by atoms with E-state index in [-0.39, 0.29) is 0 Å². The highest BCUT2D eigenvalue weighted by Crippen LogP contribution is 2.05. The molecule has 1 heteroatoms. The number of hydrogen-bond donors (Lipinski definition) is 1. The first kappa shape index (κ1) is 13.7. The van der Waals surface area contributed by atoms with E-state index in [0.29, 0.717) is 6.04 Å². The van der Waals surface area contributed by atoms with Crippen LogP contribution >= 0.6 is 0 Å². The van der Waals surface area contributed by atoms with Crippen LogP contribution in [0.4, 0.5) is 0 Å². The molecular weight excluding hydrogens is 170 g/mol. The third-order valence-corrected chi connectivity index (χ3v) is 2.60. The summed E-state index contributed by atoms with van der Waals surface area (Å²) in [7, 11) is 0. The molecule has 0 radical (unpaired) electrons. The second-order valence-electron chi connectivity index (χ2n) is 4.08. The van der Waals surface area contributed by atoms with Gasteiger partial charge >= 0.3 is 0 Å². The second kappa shape index (κ2) is 10.8. The van der Waals surface area contributed by atoms with E-state index in [4.69, 9.17) is 5.73 Å². The predicted octanol–water partition coefficient (Wildman–Crippen LogP) is 4.03. The Morgan fingerprint density at radius 2 is 1.71 bits per heavy atom. The molecule has 1 nitrogen and oxygen atoms in total. The lowest BCUT2D eigenvalue weighted by atomic mass is 10.1. The zero-order valence-electron chi connectivity index (χ0n) is 9.97. The maximum atomic E-state index is 5.80. The molecule has 2 N–H and O–H groups in total. The van der Waals surface area contributed by atoms with Gasteiger partial charge in [-0.2, -0.15) is 0 Å². The predicted molar refractivity (Wildman–Crippen MR) is 65.4 cm³/mol. The zero-order valence-corrected chi connectivity index (χ0v) is 9.97. The Kier molecular flexibility index (Phi) is 10.5. The molecular formula is C13H27N. The van der Waals surface area contributed by atoms with Crippen molar-refractivity contribution in [2.24, 2.45) is 5.73 Å². The first-order valence-corrected chi connectivity index (χ1v) is 6.21. The van der Waals surface area contributed by atoms with Gasteiger partial charge in [0.1, 0.15) is 0 Å². The first-order valence-electron chi connectivity index (χ1n) is 6.21. The van der Waals surface area contributed by atoms with Crippen LogP contribution in [0.1, 0.15) is 65.2 Å². The minimum atomic E-state index is 0.367. The molecule has 84 valence electrons. The molecule has 0 bridgehead atoms. The minimum Gasteiger partial charge on any atom is -0.327 e. The Morgan fingerprint density at radius 3 is 2.36 bits per heavy atom. The average Bonchev–Trinajstić information content (AvgIpc) is 2.21. The number of hydrogen-bond acceptors (Lipinski definition) is 1. The van der Waals surface area contributed by atoms with Crippen molar-refractivity contribution in [2.75, 3.05) is 0 Å². The van der Waals surface area contributed by atoms with Gasteiger partial charge in [0, 0.05) is 6.04 Å². The van der Waals surface area contributed by atoms with Crippen LogP contribution in [-0.2, 0) is 0 Å². The Balaban J connectivity index is 3.10. The van der Waals surface area contributed by atoms with Crippen molar-refractivity contribution in [1.29, 1.82) is 0 Å². The van der Waals surface area contributed by atoms with Crippen LogP contribution in [0.5, 0.6) is 0 Å². The highest BCUT2D eigenvalue weighted by Gasteiger charge is 1.93. The Morgan fingerprint density at radius 1 is 1.00 bits per heavy atom. The molecule has 0 rings (SSSR count). The lowest BCUT2D eigenvalue weighted by molar-refractivity contribution is 0.633. The van der Waals surface area contributed by atoms with Crippen molar-refractivity contribution in [3.8, 4) is 0 Å². The van der Waals surface area contributed by atoms with Gasteiger partial charge in [-0.1, -0.05) is 51.7 Å². The molecule has 0 aliphatic carbocycles. The Bertz CT molecular complexity index is 129. The third-order valence-electron chi connectivity index (χ3n) is 2.60. The van der Waals surface area contributed by atoms with E-state index in [0.717, 1.165) is 12.8 Å². The van der Waals surface area contributed by atoms with Gasteiger partial charge < -0.3 is 5.73 Å². The molecule has 1 unspecified atom stereocenters. The highest BCUT2D eigenvalue weighted by atomic mass is 14.6. The van der Waals surface area contributed by atoms with E-state index >= 15 is 0 Å². The van der Waals surface area contributed by atoms with Crippen molar-refractivity contribution < 1.29 is 0 Å². The molecule has 14 heavy (non-hydrogen) atoms. The van der Waals surface area contributed by atoms with Crippen LogP contribution in [0.3, 0.4) is 0 Å². The molecule has 0 saturated carbocycles. The van der Waals surface area contributed by atoms with Crippen LogP contribution in [0.15, 0.2) is 12.2 Å². The quantitative estimate of drug-likeness (QED) is 0.438. The van der Waals surface area contributed by atoms with Crippen LogP contribution in [0.25, 0.3) is 0 Å². The van der Waals surface area contributed by atoms with Gasteiger partial charge in [0.15, 0.2) is 0 Å². The summed E-state index contributed by atoms with van der Waals surface area (Å²) in [4.78, 5) is 0. The van der Waals surface area contributed by atoms with E-state index in [1.165, 1.54) is 38.5 Å². The normalized spacial score (nSPS) is 13.6. The van der Waals surface area contributed by atoms with Gasteiger partial charge in [0.25, 0.3) is 0 Å². The molecule has 0 aromatic rings. The van der Waals surface area contributed by atoms with Gasteiger partial charge in [0.2, 0.25) is 0 Å². The molecule has 0 amide bonds. The van der Waals surface area contributed by atoms with Gasteiger partial charge in [-0.15, -0.1) is 0 Å². The molecule has 0 fully saturated rings. The fourth-order valence-electron chi connectivity index (χ4n) is 1.42. The van der Waals surface area contributed by atoms with Crippen molar-refractivity contribution in [1.82, 2.24) is 0 Å². The monoisotopic (exact) mass is 197 g/mol. The van der Waals surface area contributed by atoms with Crippen LogP contribution in [-0.4, -0.2) is 6.04 Å². The number of allylic oxidation sites excluding steroid dienone is 1. The molecule has 0 aromatic carbocycles. The lowest BCUT2D eigenvalue weighted by Crippen LogP contribution is -2.16. The summed E-state index contributed by atoms with van der Waals surface area (Å²) in [6.45, 7) is 4.40. The van der Waals surface area contributed by atoms with Crippen LogP contribution in [0.2, 0.25) is 0 Å². The molecule has 0 aliphatic rings. The number of unbranched alkanes of at least 4 members (excludes halogenated alkanes) is 5. The van der Waals surface area contributed by atoms with Crippen LogP contribution in [0, 0.1) is 0 Å². The lowest BCUT2D eigenvalue weighted by Gasteiger charge is -2.02. The first-order chi connectivity index (χ1) is 6.81. The van der Waals surface area contributed by atoms with Crippen LogP contribution < -0.4 is 5.73 Å². The van der Waals surface area contributed by atoms with Gasteiger partial charge in [-0.05, 0) is 25.7 Å². The van der Waals surface area contributed by atoms with Gasteiger partial charge in [-0.3, -0.25) is 0 Å². The standard InChI is InChI=1S/C13H27N/c1-3-5-6-7-8-9-10-11-12-13(14)4-2/h10-11,13H,3-9,12,14H2,1-2H3/b11-10+. The fraction of sp³-hybridized carbons (Fsp3) is 0.846. The molecule has 1 atom stereocenters. The largest absolute Gasteiger partial charge is 0.327 e. The third kappa shape index (κ3) is 9.79. The van der Waals surface area contributed by atoms with E-state index < -0.39 is 0 Å². The van der Waals surface area contributed by atoms with Crippen molar-refractivity contribution in [2.45, 2.75) is 71.3 Å². The Hall–Kier alpha value is -0.300. The SMILES string of the molecule is CCCCCCC/C=C/CC(N)CC. The summed E-state index contributed by atoms with van der Waals surface area (Å²) in [6.07, 6.45) is 14.8. The van der Waals surface area contributed by atoms with E-state index in [1.54, 1.807) is 0 Å². The van der Waals surface area contributed by atoms with E-state index in [9.17, 15) is 0 Å². The summed E-state index contributed by atoms with van der Waals surface area (Å²) < 4.78 is 0. The Labute approximate surface area is 89.8 Å². The smallest absolute Gasteiger partial charge is 0.00707 e. The maximum Gasteiger partial charge on any atom is 0.00707 e. The maximum absolute atomic E-state index is 5.80. The average molecular weight is 197 g/mol. The summed E-state index contributed by atoms with van der Waals surface area (Å²) >= 11 is 0. The second-order valence-corrected chi connectivity index (χ2v) is 4.08. The van der Waals surface area contributed by atoms with Crippen molar-refractivity contribution in [3.63, 3.8) is 0 Å². The summed E-state index contributed by atoms with van der Waals surface area (Å²) in [5, 5.41) is 0. The van der Waals surface area contributed by atoms with Gasteiger partial charge in [-0.25, -0.2) is 0 Å². The number of nitrogens with two attached hydrogens (primary N) is 1. The van der Waals surface area contributed by atoms with E-state index in [2.05, 4.69) is 26.0 Å². The van der Waals surface area contributed by atoms with Crippen molar-refractivity contribution in [3.05, 3.63) is 12.2 Å². The van der Waals surface area contributed by atoms with Gasteiger partial charge in [0.05, 0.1) is 0 Å². The summed E-state index contributed by atoms with van der Waals surface area (Å²) in [5.41, 5.74) is 5.80. The fourth-order valence-corrected chi connectivity index (χ4v) is 1.42. The topological polar surface area (TPSA) is 26.0 Å². The molecule has 0 aliphatic heterocycles. The zero-order chi connectivity index (χ0) is 10.6. The number of rotatable bonds is 9.